The van der Waals surface area contributed by atoms with Crippen molar-refractivity contribution >= 4 is 17.8 Å². The summed E-state index contributed by atoms with van der Waals surface area (Å²) in [7, 11) is 0. The molecule has 1 saturated heterocycles. The minimum atomic E-state index is -4.63. The van der Waals surface area contributed by atoms with Crippen molar-refractivity contribution in [3.05, 3.63) is 24.2 Å². The maximum Gasteiger partial charge on any atom is 0.406 e. The zero-order chi connectivity index (χ0) is 20.5. The molecule has 1 spiro atoms. The van der Waals surface area contributed by atoms with Gasteiger partial charge in [-0.1, -0.05) is 19.8 Å². The van der Waals surface area contributed by atoms with Crippen LogP contribution in [0.25, 0.3) is 0 Å². The maximum absolute atomic E-state index is 12.9. The molecule has 10 heteroatoms. The molecule has 1 aromatic rings. The normalized spacial score (nSPS) is 25.3. The summed E-state index contributed by atoms with van der Waals surface area (Å²) in [6.45, 7) is -0.792. The van der Waals surface area contributed by atoms with Crippen LogP contribution in [0.5, 0.6) is 0 Å². The Morgan fingerprint density at radius 3 is 2.75 bits per heavy atom. The number of nitrogens with zero attached hydrogens (tertiary/aromatic N) is 2. The number of alkyl halides is 3. The molecule has 1 N–H and O–H groups in total. The van der Waals surface area contributed by atoms with Crippen molar-refractivity contribution in [3.63, 3.8) is 0 Å². The number of imide groups is 1. The summed E-state index contributed by atoms with van der Waals surface area (Å²) < 4.78 is 43.8. The van der Waals surface area contributed by atoms with Crippen molar-refractivity contribution in [3.8, 4) is 0 Å². The van der Waals surface area contributed by atoms with Gasteiger partial charge in [-0.2, -0.15) is 13.2 Å². The highest BCUT2D eigenvalue weighted by atomic mass is 19.4. The highest BCUT2D eigenvalue weighted by Crippen LogP contribution is 2.38. The van der Waals surface area contributed by atoms with Gasteiger partial charge < -0.3 is 14.6 Å². The second-order valence-corrected chi connectivity index (χ2v) is 7.38. The van der Waals surface area contributed by atoms with Gasteiger partial charge in [-0.25, -0.2) is 4.79 Å². The predicted molar refractivity (Wildman–Crippen MR) is 90.8 cm³/mol. The number of urea groups is 1. The van der Waals surface area contributed by atoms with Gasteiger partial charge in [0.15, 0.2) is 0 Å². The first-order valence-electron chi connectivity index (χ1n) is 9.13. The molecule has 0 aromatic carbocycles. The molecule has 2 heterocycles. The van der Waals surface area contributed by atoms with E-state index in [1.807, 2.05) is 6.92 Å². The zero-order valence-electron chi connectivity index (χ0n) is 15.4. The second kappa shape index (κ2) is 7.48. The van der Waals surface area contributed by atoms with E-state index in [0.29, 0.717) is 11.3 Å². The van der Waals surface area contributed by atoms with Crippen LogP contribution in [0.4, 0.5) is 18.0 Å². The monoisotopic (exact) mass is 401 g/mol. The number of rotatable bonds is 5. The van der Waals surface area contributed by atoms with Crippen LogP contribution >= 0.6 is 0 Å². The summed E-state index contributed by atoms with van der Waals surface area (Å²) in [5, 5.41) is 2.68. The molecule has 4 amide bonds. The quantitative estimate of drug-likeness (QED) is 0.769. The lowest BCUT2D eigenvalue weighted by atomic mass is 9.73. The molecule has 1 saturated carbocycles. The number of hydrogen-bond donors (Lipinski definition) is 1. The first-order valence-corrected chi connectivity index (χ1v) is 9.13. The number of nitrogens with one attached hydrogen (secondary N) is 1. The largest absolute Gasteiger partial charge is 0.467 e. The molecule has 2 fully saturated rings. The number of furan rings is 1. The van der Waals surface area contributed by atoms with Crippen LogP contribution in [0.3, 0.4) is 0 Å². The average molecular weight is 401 g/mol. The maximum atomic E-state index is 12.9. The summed E-state index contributed by atoms with van der Waals surface area (Å²) in [5.41, 5.74) is -1.06. The van der Waals surface area contributed by atoms with Crippen LogP contribution in [0.15, 0.2) is 22.8 Å². The molecule has 0 radical (unpaired) electrons. The fraction of sp³-hybridized carbons (Fsp3) is 0.611. The summed E-state index contributed by atoms with van der Waals surface area (Å²) in [6.07, 6.45) is -0.422. The Kier molecular flexibility index (Phi) is 5.40. The number of hydrogen-bond acceptors (Lipinski definition) is 4. The average Bonchev–Trinajstić information content (AvgIpc) is 3.19. The highest BCUT2D eigenvalue weighted by Gasteiger charge is 2.55. The SMILES string of the molecule is C[C@H]1CCCC[C@]12NC(=O)N(CC(=O)N(Cc1ccco1)CC(F)(F)F)C2=O. The van der Waals surface area contributed by atoms with E-state index in [9.17, 15) is 27.6 Å². The Hall–Kier alpha value is -2.52. The van der Waals surface area contributed by atoms with E-state index in [1.54, 1.807) is 0 Å². The van der Waals surface area contributed by atoms with E-state index in [0.717, 1.165) is 24.2 Å². The number of carbonyl (C=O) groups excluding carboxylic acids is 3. The van der Waals surface area contributed by atoms with Crippen LogP contribution in [0, 0.1) is 5.92 Å². The second-order valence-electron chi connectivity index (χ2n) is 7.38. The Morgan fingerprint density at radius 1 is 1.39 bits per heavy atom. The molecule has 1 aliphatic carbocycles. The van der Waals surface area contributed by atoms with E-state index in [1.165, 1.54) is 18.4 Å². The van der Waals surface area contributed by atoms with Gasteiger partial charge in [-0.15, -0.1) is 0 Å². The lowest BCUT2D eigenvalue weighted by Crippen LogP contribution is -2.54. The Bertz CT molecular complexity index is 750. The van der Waals surface area contributed by atoms with Gasteiger partial charge in [0.2, 0.25) is 5.91 Å². The Labute approximate surface area is 159 Å². The molecule has 2 aliphatic rings. The van der Waals surface area contributed by atoms with Crippen molar-refractivity contribution in [1.29, 1.82) is 0 Å². The van der Waals surface area contributed by atoms with Crippen molar-refractivity contribution in [2.24, 2.45) is 5.92 Å². The Balaban J connectivity index is 1.75. The van der Waals surface area contributed by atoms with E-state index in [4.69, 9.17) is 4.42 Å². The summed E-state index contributed by atoms with van der Waals surface area (Å²) in [6, 6.07) is 2.21. The van der Waals surface area contributed by atoms with E-state index >= 15 is 0 Å². The third-order valence-electron chi connectivity index (χ3n) is 5.44. The van der Waals surface area contributed by atoms with Crippen molar-refractivity contribution in [2.75, 3.05) is 13.1 Å². The van der Waals surface area contributed by atoms with Crippen LogP contribution in [-0.2, 0) is 16.1 Å². The van der Waals surface area contributed by atoms with Crippen LogP contribution in [0.2, 0.25) is 0 Å². The molecule has 3 rings (SSSR count). The van der Waals surface area contributed by atoms with Crippen LogP contribution in [-0.4, -0.2) is 52.5 Å². The fourth-order valence-corrected chi connectivity index (χ4v) is 3.91. The Morgan fingerprint density at radius 2 is 2.14 bits per heavy atom. The molecule has 2 atom stereocenters. The molecule has 28 heavy (non-hydrogen) atoms. The molecular weight excluding hydrogens is 379 g/mol. The fourth-order valence-electron chi connectivity index (χ4n) is 3.91. The standard InChI is InChI=1S/C18H22F3N3O4/c1-12-5-2-3-7-17(12)15(26)24(16(27)22-17)10-14(25)23(11-18(19,20)21)9-13-6-4-8-28-13/h4,6,8,12H,2-3,5,7,9-11H2,1H3,(H,22,27)/t12-,17-/m0/s1. The third kappa shape index (κ3) is 4.00. The van der Waals surface area contributed by atoms with Crippen LogP contribution in [0.1, 0.15) is 38.4 Å². The van der Waals surface area contributed by atoms with Gasteiger partial charge in [0, 0.05) is 0 Å². The van der Waals surface area contributed by atoms with Gasteiger partial charge in [-0.05, 0) is 30.9 Å². The highest BCUT2D eigenvalue weighted by molar-refractivity contribution is 6.09. The van der Waals surface area contributed by atoms with Crippen molar-refractivity contribution in [2.45, 2.75) is 50.9 Å². The number of amides is 4. The molecule has 154 valence electrons. The lowest BCUT2D eigenvalue weighted by Gasteiger charge is -2.36. The summed E-state index contributed by atoms with van der Waals surface area (Å²) in [5.74, 6) is -1.44. The topological polar surface area (TPSA) is 82.9 Å². The minimum absolute atomic E-state index is 0.104. The van der Waals surface area contributed by atoms with E-state index in [-0.39, 0.29) is 11.7 Å². The van der Waals surface area contributed by atoms with E-state index in [2.05, 4.69) is 5.32 Å². The molecule has 7 nitrogen and oxygen atoms in total. The molecule has 0 bridgehead atoms. The number of carbonyl (C=O) groups is 3. The van der Waals surface area contributed by atoms with E-state index < -0.39 is 49.2 Å². The van der Waals surface area contributed by atoms with Crippen molar-refractivity contribution < 1.29 is 32.0 Å². The molecule has 0 unspecified atom stereocenters. The first-order chi connectivity index (χ1) is 13.1. The summed E-state index contributed by atoms with van der Waals surface area (Å²) >= 11 is 0. The van der Waals surface area contributed by atoms with Gasteiger partial charge in [0.05, 0.1) is 12.8 Å². The smallest absolute Gasteiger partial charge is 0.406 e. The minimum Gasteiger partial charge on any atom is -0.467 e. The first kappa shape index (κ1) is 20.2. The summed E-state index contributed by atoms with van der Waals surface area (Å²) in [4.78, 5) is 39.1. The predicted octanol–water partition coefficient (Wildman–Crippen LogP) is 2.67. The third-order valence-corrected chi connectivity index (χ3v) is 5.44. The van der Waals surface area contributed by atoms with Gasteiger partial charge in [0.25, 0.3) is 5.91 Å². The van der Waals surface area contributed by atoms with Gasteiger partial charge in [-0.3, -0.25) is 14.5 Å². The molecular formula is C18H22F3N3O4. The van der Waals surface area contributed by atoms with Gasteiger partial charge >= 0.3 is 12.2 Å². The molecule has 1 aromatic heterocycles. The zero-order valence-corrected chi connectivity index (χ0v) is 15.4. The van der Waals surface area contributed by atoms with Gasteiger partial charge in [0.1, 0.15) is 24.4 Å². The van der Waals surface area contributed by atoms with Crippen LogP contribution < -0.4 is 5.32 Å². The number of halogens is 3. The lowest BCUT2D eigenvalue weighted by molar-refractivity contribution is -0.163. The molecule has 1 aliphatic heterocycles. The van der Waals surface area contributed by atoms with Crippen molar-refractivity contribution in [1.82, 2.24) is 15.1 Å².